The summed E-state index contributed by atoms with van der Waals surface area (Å²) in [4.78, 5) is 14.6. The monoisotopic (exact) mass is 356 g/mol. The Morgan fingerprint density at radius 3 is 2.08 bits per heavy atom. The van der Waals surface area contributed by atoms with Crippen LogP contribution in [0.4, 0.5) is 11.4 Å². The highest BCUT2D eigenvalue weighted by Gasteiger charge is 2.15. The lowest BCUT2D eigenvalue weighted by Gasteiger charge is -2.27. The van der Waals surface area contributed by atoms with Crippen molar-refractivity contribution in [1.82, 2.24) is 0 Å². The van der Waals surface area contributed by atoms with Gasteiger partial charge in [-0.15, -0.1) is 0 Å². The molecule has 1 amide bonds. The molecule has 140 valence electrons. The third-order valence-electron chi connectivity index (χ3n) is 4.17. The van der Waals surface area contributed by atoms with E-state index in [1.54, 1.807) is 38.3 Å². The molecule has 26 heavy (non-hydrogen) atoms. The van der Waals surface area contributed by atoms with Gasteiger partial charge in [-0.05, 0) is 76.2 Å². The molecule has 5 heteroatoms. The third-order valence-corrected chi connectivity index (χ3v) is 4.17. The van der Waals surface area contributed by atoms with Crippen LogP contribution in [0.5, 0.6) is 11.5 Å². The van der Waals surface area contributed by atoms with Crippen LogP contribution in [-0.4, -0.2) is 31.7 Å². The molecule has 1 N–H and O–H groups in total. The molecule has 0 aliphatic rings. The zero-order chi connectivity index (χ0) is 19.1. The molecule has 2 aromatic carbocycles. The van der Waals surface area contributed by atoms with Crippen molar-refractivity contribution in [2.45, 2.75) is 39.8 Å². The number of hydrogen-bond donors (Lipinski definition) is 1. The molecular formula is C21H28N2O3. The van der Waals surface area contributed by atoms with Crippen molar-refractivity contribution in [1.29, 1.82) is 0 Å². The Balaban J connectivity index is 1.95. The van der Waals surface area contributed by atoms with Crippen LogP contribution in [0.2, 0.25) is 0 Å². The van der Waals surface area contributed by atoms with E-state index in [0.717, 1.165) is 23.7 Å². The second-order valence-corrected chi connectivity index (χ2v) is 6.35. The molecule has 1 unspecified atom stereocenters. The summed E-state index contributed by atoms with van der Waals surface area (Å²) in [5.74, 6) is 1.18. The van der Waals surface area contributed by atoms with E-state index in [-0.39, 0.29) is 5.91 Å². The van der Waals surface area contributed by atoms with Gasteiger partial charge in [-0.25, -0.2) is 0 Å². The molecule has 0 aromatic heterocycles. The normalized spacial score (nSPS) is 11.8. The molecule has 0 bridgehead atoms. The van der Waals surface area contributed by atoms with Crippen molar-refractivity contribution in [2.75, 3.05) is 23.9 Å². The fourth-order valence-corrected chi connectivity index (χ4v) is 2.74. The number of carbonyl (C=O) groups is 1. The lowest BCUT2D eigenvalue weighted by atomic mass is 10.2. The van der Waals surface area contributed by atoms with Gasteiger partial charge in [0.25, 0.3) is 5.91 Å². The Morgan fingerprint density at radius 1 is 1.00 bits per heavy atom. The summed E-state index contributed by atoms with van der Waals surface area (Å²) >= 11 is 0. The molecule has 1 atom stereocenters. The van der Waals surface area contributed by atoms with Gasteiger partial charge in [-0.1, -0.05) is 0 Å². The van der Waals surface area contributed by atoms with Gasteiger partial charge >= 0.3 is 0 Å². The second-order valence-electron chi connectivity index (χ2n) is 6.35. The number of ether oxygens (including phenoxy) is 2. The minimum atomic E-state index is -0.606. The number of hydrogen-bond acceptors (Lipinski definition) is 4. The van der Waals surface area contributed by atoms with E-state index >= 15 is 0 Å². The van der Waals surface area contributed by atoms with Crippen LogP contribution in [0.25, 0.3) is 0 Å². The smallest absolute Gasteiger partial charge is 0.265 e. The van der Waals surface area contributed by atoms with Crippen LogP contribution >= 0.6 is 0 Å². The number of rotatable bonds is 8. The topological polar surface area (TPSA) is 50.8 Å². The minimum Gasteiger partial charge on any atom is -0.497 e. The maximum atomic E-state index is 12.4. The molecule has 0 saturated heterocycles. The summed E-state index contributed by atoms with van der Waals surface area (Å²) in [6, 6.07) is 15.5. The predicted octanol–water partition coefficient (Wildman–Crippen LogP) is 4.34. The van der Waals surface area contributed by atoms with E-state index in [0.29, 0.717) is 11.8 Å². The Hall–Kier alpha value is -2.69. The quantitative estimate of drug-likeness (QED) is 0.765. The Labute approximate surface area is 155 Å². The van der Waals surface area contributed by atoms with Crippen LogP contribution in [0.15, 0.2) is 48.5 Å². The van der Waals surface area contributed by atoms with Crippen LogP contribution in [-0.2, 0) is 4.79 Å². The second kappa shape index (κ2) is 9.13. The molecule has 0 radical (unpaired) electrons. The highest BCUT2D eigenvalue weighted by Crippen LogP contribution is 2.21. The molecular weight excluding hydrogens is 328 g/mol. The van der Waals surface area contributed by atoms with Gasteiger partial charge in [-0.2, -0.15) is 0 Å². The first-order valence-electron chi connectivity index (χ1n) is 8.92. The fourth-order valence-electron chi connectivity index (χ4n) is 2.74. The van der Waals surface area contributed by atoms with E-state index in [9.17, 15) is 4.79 Å². The zero-order valence-corrected chi connectivity index (χ0v) is 16.2. The van der Waals surface area contributed by atoms with E-state index in [2.05, 4.69) is 31.0 Å². The number of nitrogens with zero attached hydrogens (tertiary/aromatic N) is 1. The summed E-state index contributed by atoms with van der Waals surface area (Å²) < 4.78 is 10.8. The fraction of sp³-hybridized carbons (Fsp3) is 0.381. The van der Waals surface area contributed by atoms with Crippen LogP contribution < -0.4 is 19.7 Å². The van der Waals surface area contributed by atoms with Gasteiger partial charge in [0, 0.05) is 24.0 Å². The van der Waals surface area contributed by atoms with Gasteiger partial charge in [0.15, 0.2) is 6.10 Å². The first-order chi connectivity index (χ1) is 12.4. The lowest BCUT2D eigenvalue weighted by molar-refractivity contribution is -0.122. The Bertz CT molecular complexity index is 696. The lowest BCUT2D eigenvalue weighted by Crippen LogP contribution is -2.31. The number of anilines is 2. The zero-order valence-electron chi connectivity index (χ0n) is 16.2. The van der Waals surface area contributed by atoms with Crippen molar-refractivity contribution in [3.05, 3.63) is 48.5 Å². The Morgan fingerprint density at radius 2 is 1.58 bits per heavy atom. The minimum absolute atomic E-state index is 0.190. The van der Waals surface area contributed by atoms with Gasteiger partial charge in [0.1, 0.15) is 11.5 Å². The van der Waals surface area contributed by atoms with Crippen molar-refractivity contribution < 1.29 is 14.3 Å². The number of nitrogens with one attached hydrogen (secondary N) is 1. The number of carbonyl (C=O) groups excluding carboxylic acids is 1. The van der Waals surface area contributed by atoms with Crippen molar-refractivity contribution in [2.24, 2.45) is 0 Å². The number of amides is 1. The van der Waals surface area contributed by atoms with Gasteiger partial charge < -0.3 is 19.7 Å². The van der Waals surface area contributed by atoms with E-state index < -0.39 is 6.10 Å². The molecule has 0 spiro atoms. The standard InChI is InChI=1S/C21H28N2O3/c1-6-23(15(2)3)18-9-7-17(8-10-18)22-21(24)16(4)26-20-13-11-19(25-5)12-14-20/h7-16H,6H2,1-5H3,(H,22,24). The molecule has 2 aromatic rings. The average Bonchev–Trinajstić information content (AvgIpc) is 2.64. The number of benzene rings is 2. The van der Waals surface area contributed by atoms with E-state index in [1.165, 1.54) is 0 Å². The largest absolute Gasteiger partial charge is 0.497 e. The molecule has 0 aliphatic heterocycles. The molecule has 0 aliphatic carbocycles. The molecule has 0 saturated carbocycles. The molecule has 2 rings (SSSR count). The van der Waals surface area contributed by atoms with Gasteiger partial charge in [0.05, 0.1) is 7.11 Å². The van der Waals surface area contributed by atoms with Crippen molar-refractivity contribution in [3.8, 4) is 11.5 Å². The summed E-state index contributed by atoms with van der Waals surface area (Å²) in [6.45, 7) is 9.13. The molecule has 5 nitrogen and oxygen atoms in total. The van der Waals surface area contributed by atoms with Gasteiger partial charge in [0.2, 0.25) is 0 Å². The maximum Gasteiger partial charge on any atom is 0.265 e. The predicted molar refractivity (Wildman–Crippen MR) is 106 cm³/mol. The average molecular weight is 356 g/mol. The molecule has 0 heterocycles. The van der Waals surface area contributed by atoms with Crippen molar-refractivity contribution in [3.63, 3.8) is 0 Å². The Kier molecular flexibility index (Phi) is 6.89. The maximum absolute atomic E-state index is 12.4. The molecule has 0 fully saturated rings. The third kappa shape index (κ3) is 5.15. The highest BCUT2D eigenvalue weighted by atomic mass is 16.5. The van der Waals surface area contributed by atoms with Crippen molar-refractivity contribution >= 4 is 17.3 Å². The van der Waals surface area contributed by atoms with Crippen LogP contribution in [0, 0.1) is 0 Å². The van der Waals surface area contributed by atoms with E-state index in [4.69, 9.17) is 9.47 Å². The highest BCUT2D eigenvalue weighted by molar-refractivity contribution is 5.94. The van der Waals surface area contributed by atoms with Crippen LogP contribution in [0.1, 0.15) is 27.7 Å². The summed E-state index contributed by atoms with van der Waals surface area (Å²) in [6.07, 6.45) is -0.606. The summed E-state index contributed by atoms with van der Waals surface area (Å²) in [7, 11) is 1.61. The SMILES string of the molecule is CCN(c1ccc(NC(=O)C(C)Oc2ccc(OC)cc2)cc1)C(C)C. The van der Waals surface area contributed by atoms with Gasteiger partial charge in [-0.3, -0.25) is 4.79 Å². The first kappa shape index (κ1) is 19.6. The van der Waals surface area contributed by atoms with E-state index in [1.807, 2.05) is 24.3 Å². The first-order valence-corrected chi connectivity index (χ1v) is 8.92. The van der Waals surface area contributed by atoms with Crippen LogP contribution in [0.3, 0.4) is 0 Å². The summed E-state index contributed by atoms with van der Waals surface area (Å²) in [5, 5.41) is 2.89. The number of methoxy groups -OCH3 is 1. The summed E-state index contributed by atoms with van der Waals surface area (Å²) in [5.41, 5.74) is 1.90.